The Morgan fingerprint density at radius 2 is 1.80 bits per heavy atom. The van der Waals surface area contributed by atoms with Crippen molar-refractivity contribution in [3.63, 3.8) is 0 Å². The van der Waals surface area contributed by atoms with Gasteiger partial charge >= 0.3 is 0 Å². The van der Waals surface area contributed by atoms with Gasteiger partial charge in [-0.25, -0.2) is 10.9 Å². The predicted molar refractivity (Wildman–Crippen MR) is 61.0 cm³/mol. The van der Waals surface area contributed by atoms with E-state index in [2.05, 4.69) is 6.58 Å². The van der Waals surface area contributed by atoms with Crippen molar-refractivity contribution in [1.82, 2.24) is 5.12 Å². The summed E-state index contributed by atoms with van der Waals surface area (Å²) in [4.78, 5) is 0. The molecule has 4 N–H and O–H groups in total. The van der Waals surface area contributed by atoms with Gasteiger partial charge in [0.2, 0.25) is 0 Å². The molecule has 1 heterocycles. The van der Waals surface area contributed by atoms with Crippen LogP contribution in [0.3, 0.4) is 0 Å². The second-order valence-corrected chi connectivity index (χ2v) is 3.45. The first-order valence-corrected chi connectivity index (χ1v) is 4.68. The quantitative estimate of drug-likeness (QED) is 0.674. The first-order valence-electron chi connectivity index (χ1n) is 4.68. The molecular weight excluding hydrogens is 188 g/mol. The molecule has 0 aromatic heterocycles. The maximum absolute atomic E-state index is 5.85. The van der Waals surface area contributed by atoms with E-state index in [0.717, 1.165) is 17.0 Å². The fourth-order valence-corrected chi connectivity index (χ4v) is 1.57. The molecule has 0 radical (unpaired) electrons. The van der Waals surface area contributed by atoms with Gasteiger partial charge in [-0.15, -0.1) is 0 Å². The zero-order valence-corrected chi connectivity index (χ0v) is 8.64. The van der Waals surface area contributed by atoms with Gasteiger partial charge in [0.05, 0.1) is 11.4 Å². The van der Waals surface area contributed by atoms with Crippen LogP contribution in [0.2, 0.25) is 0 Å². The molecule has 0 aliphatic carbocycles. The average Bonchev–Trinajstić information content (AvgIpc) is 2.45. The van der Waals surface area contributed by atoms with Gasteiger partial charge in [0.25, 0.3) is 0 Å². The number of nitrogens with two attached hydrogens (primary N) is 2. The molecule has 78 valence electrons. The van der Waals surface area contributed by atoms with E-state index in [1.165, 1.54) is 5.12 Å². The Morgan fingerprint density at radius 1 is 1.20 bits per heavy atom. The zero-order chi connectivity index (χ0) is 11.0. The second kappa shape index (κ2) is 3.33. The van der Waals surface area contributed by atoms with E-state index in [4.69, 9.17) is 11.6 Å². The molecule has 0 amide bonds. The summed E-state index contributed by atoms with van der Waals surface area (Å²) >= 11 is 0. The molecule has 4 nitrogen and oxygen atoms in total. The third-order valence-corrected chi connectivity index (χ3v) is 2.54. The number of anilines is 1. The van der Waals surface area contributed by atoms with Gasteiger partial charge in [0.15, 0.2) is 0 Å². The van der Waals surface area contributed by atoms with E-state index in [9.17, 15) is 0 Å². The first kappa shape index (κ1) is 9.61. The number of rotatable bonds is 1. The van der Waals surface area contributed by atoms with Crippen molar-refractivity contribution in [3.8, 4) is 0 Å². The van der Waals surface area contributed by atoms with Gasteiger partial charge in [-0.05, 0) is 19.1 Å². The maximum atomic E-state index is 5.85. The molecular formula is C11H14N4. The third kappa shape index (κ3) is 1.35. The lowest BCUT2D eigenvalue weighted by atomic mass is 10.2. The lowest BCUT2D eigenvalue weighted by Gasteiger charge is -2.28. The van der Waals surface area contributed by atoms with Crippen molar-refractivity contribution in [2.45, 2.75) is 6.92 Å². The molecule has 0 atom stereocenters. The summed E-state index contributed by atoms with van der Waals surface area (Å²) in [7, 11) is 0. The number of hydrogen-bond donors (Lipinski definition) is 2. The van der Waals surface area contributed by atoms with Gasteiger partial charge in [0, 0.05) is 5.57 Å². The molecule has 0 spiro atoms. The Kier molecular flexibility index (Phi) is 2.13. The van der Waals surface area contributed by atoms with Crippen LogP contribution in [0.1, 0.15) is 6.92 Å². The summed E-state index contributed by atoms with van der Waals surface area (Å²) in [5, 5.41) is 3.19. The largest absolute Gasteiger partial charge is 0.382 e. The smallest absolute Gasteiger partial charge is 0.141 e. The number of allylic oxidation sites excluding steroid dienone is 1. The topological polar surface area (TPSA) is 58.5 Å². The highest BCUT2D eigenvalue weighted by Gasteiger charge is 2.27. The van der Waals surface area contributed by atoms with Gasteiger partial charge in [-0.1, -0.05) is 24.8 Å². The molecule has 0 fully saturated rings. The normalized spacial score (nSPS) is 16.5. The molecule has 0 saturated heterocycles. The fraction of sp³-hybridized carbons (Fsp3) is 0.0909. The van der Waals surface area contributed by atoms with Crippen LogP contribution in [-0.4, -0.2) is 5.12 Å². The van der Waals surface area contributed by atoms with E-state index in [1.54, 1.807) is 5.01 Å². The number of nitrogens with zero attached hydrogens (tertiary/aromatic N) is 2. The minimum absolute atomic E-state index is 0.531. The molecule has 0 bridgehead atoms. The zero-order valence-electron chi connectivity index (χ0n) is 8.64. The Balaban J connectivity index is 2.39. The molecule has 0 unspecified atom stereocenters. The first-order chi connectivity index (χ1) is 7.13. The number of para-hydroxylation sites is 1. The Labute approximate surface area is 89.0 Å². The Bertz CT molecular complexity index is 421. The number of hydrazine groups is 2. The lowest BCUT2D eigenvalue weighted by molar-refractivity contribution is 0.371. The Morgan fingerprint density at radius 3 is 2.27 bits per heavy atom. The minimum Gasteiger partial charge on any atom is -0.382 e. The summed E-state index contributed by atoms with van der Waals surface area (Å²) in [5.41, 5.74) is 8.48. The lowest BCUT2D eigenvalue weighted by Crippen LogP contribution is -2.43. The van der Waals surface area contributed by atoms with Crippen molar-refractivity contribution in [3.05, 3.63) is 54.0 Å². The molecule has 15 heavy (non-hydrogen) atoms. The molecule has 4 heteroatoms. The highest BCUT2D eigenvalue weighted by atomic mass is 15.8. The molecule has 2 rings (SSSR count). The molecule has 0 saturated carbocycles. The van der Waals surface area contributed by atoms with E-state index in [-0.39, 0.29) is 0 Å². The van der Waals surface area contributed by atoms with E-state index < -0.39 is 0 Å². The fourth-order valence-electron chi connectivity index (χ4n) is 1.57. The average molecular weight is 202 g/mol. The molecule has 1 aromatic rings. The molecule has 1 aliphatic rings. The number of hydrogen-bond acceptors (Lipinski definition) is 4. The van der Waals surface area contributed by atoms with Crippen LogP contribution in [0.15, 0.2) is 54.0 Å². The van der Waals surface area contributed by atoms with Crippen LogP contribution < -0.4 is 16.6 Å². The predicted octanol–water partition coefficient (Wildman–Crippen LogP) is 1.30. The highest BCUT2D eigenvalue weighted by Crippen LogP contribution is 2.30. The standard InChI is InChI=1S/C11H14N4/c1-8-9(2)14(15(13)11(8)12)10-6-4-3-5-7-10/h3-7H,2,12-13H2,1H3. The van der Waals surface area contributed by atoms with E-state index in [1.807, 2.05) is 37.3 Å². The molecule has 1 aliphatic heterocycles. The summed E-state index contributed by atoms with van der Waals surface area (Å²) in [5.74, 6) is 6.38. The maximum Gasteiger partial charge on any atom is 0.141 e. The van der Waals surface area contributed by atoms with E-state index in [0.29, 0.717) is 5.82 Å². The van der Waals surface area contributed by atoms with Crippen molar-refractivity contribution in [1.29, 1.82) is 0 Å². The van der Waals surface area contributed by atoms with Gasteiger partial charge in [0.1, 0.15) is 5.82 Å². The van der Waals surface area contributed by atoms with Crippen LogP contribution in [0, 0.1) is 0 Å². The summed E-state index contributed by atoms with van der Waals surface area (Å²) in [6.07, 6.45) is 0. The van der Waals surface area contributed by atoms with Crippen molar-refractivity contribution in [2.24, 2.45) is 11.6 Å². The summed E-state index contributed by atoms with van der Waals surface area (Å²) < 4.78 is 0. The van der Waals surface area contributed by atoms with Crippen LogP contribution in [0.5, 0.6) is 0 Å². The number of benzene rings is 1. The van der Waals surface area contributed by atoms with Crippen molar-refractivity contribution in [2.75, 3.05) is 5.01 Å². The Hall–Kier alpha value is -1.94. The summed E-state index contributed by atoms with van der Waals surface area (Å²) in [6.45, 7) is 5.86. The highest BCUT2D eigenvalue weighted by molar-refractivity contribution is 5.58. The third-order valence-electron chi connectivity index (χ3n) is 2.54. The van der Waals surface area contributed by atoms with E-state index >= 15 is 0 Å². The van der Waals surface area contributed by atoms with Gasteiger partial charge in [-0.2, -0.15) is 5.12 Å². The minimum atomic E-state index is 0.531. The van der Waals surface area contributed by atoms with Crippen LogP contribution in [-0.2, 0) is 0 Å². The molecule has 1 aromatic carbocycles. The summed E-state index contributed by atoms with van der Waals surface area (Å²) in [6, 6.07) is 9.75. The second-order valence-electron chi connectivity index (χ2n) is 3.45. The van der Waals surface area contributed by atoms with Gasteiger partial charge < -0.3 is 5.73 Å². The van der Waals surface area contributed by atoms with Crippen molar-refractivity contribution < 1.29 is 0 Å². The van der Waals surface area contributed by atoms with Crippen LogP contribution >= 0.6 is 0 Å². The SMILES string of the molecule is C=C1C(C)=C(N)N(N)N1c1ccccc1. The van der Waals surface area contributed by atoms with Crippen molar-refractivity contribution >= 4 is 5.69 Å². The van der Waals surface area contributed by atoms with Crippen LogP contribution in [0.25, 0.3) is 0 Å². The monoisotopic (exact) mass is 202 g/mol. The van der Waals surface area contributed by atoms with Crippen LogP contribution in [0.4, 0.5) is 5.69 Å². The van der Waals surface area contributed by atoms with Gasteiger partial charge in [-0.3, -0.25) is 0 Å².